The predicted octanol–water partition coefficient (Wildman–Crippen LogP) is 12.7. The molecule has 7 aromatic carbocycles. The second-order valence-electron chi connectivity index (χ2n) is 12.8. The molecule has 0 bridgehead atoms. The number of para-hydroxylation sites is 2. The maximum atomic E-state index is 5.29. The summed E-state index contributed by atoms with van der Waals surface area (Å²) in [7, 11) is 0. The Labute approximate surface area is 300 Å². The van der Waals surface area contributed by atoms with Crippen LogP contribution in [-0.2, 0) is 0 Å². The van der Waals surface area contributed by atoms with Gasteiger partial charge in [0.25, 0.3) is 0 Å². The molecule has 4 aromatic heterocycles. The zero-order valence-electron chi connectivity index (χ0n) is 27.1. The molecule has 0 atom stereocenters. The highest BCUT2D eigenvalue weighted by atomic mass is 32.1. The number of hydrogen-bond acceptors (Lipinski definition) is 5. The van der Waals surface area contributed by atoms with Crippen molar-refractivity contribution < 1.29 is 0 Å². The molecule has 51 heavy (non-hydrogen) atoms. The van der Waals surface area contributed by atoms with Gasteiger partial charge in [0.1, 0.15) is 0 Å². The molecular weight excluding hydrogens is 661 g/mol. The fourth-order valence-corrected chi connectivity index (χ4v) is 10.2. The standard InChI is InChI=1S/C45H26N4S2/c1-2-13-27(14-3-1)43-46-44(48-45(47-43)49-37-24-7-4-15-28(37)29-16-5-8-25-38(29)49)36-23-12-22-35-34-21-11-20-33(41(34)51-42(35)36)32-19-10-18-31-30-17-6-9-26-39(30)50-40(31)32/h1-26H. The molecule has 0 amide bonds. The smallest absolute Gasteiger partial charge is 0.238 e. The topological polar surface area (TPSA) is 43.6 Å². The third-order valence-corrected chi connectivity index (χ3v) is 12.4. The molecule has 0 aliphatic carbocycles. The zero-order chi connectivity index (χ0) is 33.5. The number of thiophene rings is 2. The first-order valence-corrected chi connectivity index (χ1v) is 18.6. The van der Waals surface area contributed by atoms with E-state index in [0.29, 0.717) is 17.6 Å². The Balaban J connectivity index is 1.17. The van der Waals surface area contributed by atoms with E-state index >= 15 is 0 Å². The van der Waals surface area contributed by atoms with Crippen molar-refractivity contribution in [2.45, 2.75) is 0 Å². The molecule has 0 spiro atoms. The van der Waals surface area contributed by atoms with Crippen LogP contribution in [0.3, 0.4) is 0 Å². The lowest BCUT2D eigenvalue weighted by molar-refractivity contribution is 0.954. The Hall–Kier alpha value is -6.21. The van der Waals surface area contributed by atoms with Gasteiger partial charge in [-0.15, -0.1) is 22.7 Å². The minimum atomic E-state index is 0.603. The van der Waals surface area contributed by atoms with Gasteiger partial charge in [-0.25, -0.2) is 4.98 Å². The van der Waals surface area contributed by atoms with Gasteiger partial charge in [-0.1, -0.05) is 133 Å². The summed E-state index contributed by atoms with van der Waals surface area (Å²) in [5.74, 6) is 1.91. The maximum absolute atomic E-state index is 5.29. The summed E-state index contributed by atoms with van der Waals surface area (Å²) in [6, 6.07) is 55.8. The lowest BCUT2D eigenvalue weighted by Gasteiger charge is -2.11. The van der Waals surface area contributed by atoms with Crippen molar-refractivity contribution >= 4 is 84.8 Å². The van der Waals surface area contributed by atoms with E-state index in [0.717, 1.165) is 22.2 Å². The van der Waals surface area contributed by atoms with E-state index in [2.05, 4.69) is 144 Å². The van der Waals surface area contributed by atoms with E-state index in [1.54, 1.807) is 0 Å². The van der Waals surface area contributed by atoms with Crippen LogP contribution < -0.4 is 0 Å². The van der Waals surface area contributed by atoms with Crippen LogP contribution in [0, 0.1) is 0 Å². The van der Waals surface area contributed by atoms with Gasteiger partial charge >= 0.3 is 0 Å². The zero-order valence-corrected chi connectivity index (χ0v) is 28.7. The number of fused-ring (bicyclic) bond motifs is 9. The number of benzene rings is 7. The van der Waals surface area contributed by atoms with Gasteiger partial charge in [0.05, 0.1) is 11.0 Å². The van der Waals surface area contributed by atoms with Gasteiger partial charge < -0.3 is 0 Å². The first kappa shape index (κ1) is 28.6. The van der Waals surface area contributed by atoms with Crippen LogP contribution in [0.5, 0.6) is 0 Å². The fraction of sp³-hybridized carbons (Fsp3) is 0. The van der Waals surface area contributed by atoms with E-state index in [1.165, 1.54) is 62.2 Å². The molecule has 0 aliphatic rings. The highest BCUT2D eigenvalue weighted by Crippen LogP contribution is 2.47. The Bertz CT molecular complexity index is 3100. The highest BCUT2D eigenvalue weighted by Gasteiger charge is 2.21. The molecule has 0 saturated heterocycles. The largest absolute Gasteiger partial charge is 0.278 e. The second kappa shape index (κ2) is 11.2. The third kappa shape index (κ3) is 4.34. The van der Waals surface area contributed by atoms with Gasteiger partial charge in [-0.05, 0) is 24.3 Å². The van der Waals surface area contributed by atoms with E-state index in [1.807, 2.05) is 40.9 Å². The molecule has 0 fully saturated rings. The summed E-state index contributed by atoms with van der Waals surface area (Å²) in [5.41, 5.74) is 6.60. The van der Waals surface area contributed by atoms with E-state index in [-0.39, 0.29) is 0 Å². The van der Waals surface area contributed by atoms with Crippen molar-refractivity contribution in [1.29, 1.82) is 0 Å². The molecule has 0 unspecified atom stereocenters. The van der Waals surface area contributed by atoms with Crippen molar-refractivity contribution in [2.24, 2.45) is 0 Å². The number of hydrogen-bond donors (Lipinski definition) is 0. The van der Waals surface area contributed by atoms with Gasteiger partial charge in [0, 0.05) is 73.4 Å². The Morgan fingerprint density at radius 2 is 0.843 bits per heavy atom. The van der Waals surface area contributed by atoms with Crippen molar-refractivity contribution in [2.75, 3.05) is 0 Å². The van der Waals surface area contributed by atoms with Crippen molar-refractivity contribution in [1.82, 2.24) is 19.5 Å². The molecule has 11 aromatic rings. The number of rotatable bonds is 4. The van der Waals surface area contributed by atoms with Crippen LogP contribution >= 0.6 is 22.7 Å². The van der Waals surface area contributed by atoms with Crippen LogP contribution in [-0.4, -0.2) is 19.5 Å². The molecule has 0 radical (unpaired) electrons. The predicted molar refractivity (Wildman–Crippen MR) is 216 cm³/mol. The van der Waals surface area contributed by atoms with Crippen molar-refractivity contribution in [3.05, 3.63) is 158 Å². The second-order valence-corrected chi connectivity index (χ2v) is 14.8. The monoisotopic (exact) mass is 686 g/mol. The molecule has 238 valence electrons. The summed E-state index contributed by atoms with van der Waals surface area (Å²) >= 11 is 3.70. The summed E-state index contributed by atoms with van der Waals surface area (Å²) < 4.78 is 7.25. The normalized spacial score (nSPS) is 11.9. The van der Waals surface area contributed by atoms with Crippen LogP contribution in [0.15, 0.2) is 158 Å². The van der Waals surface area contributed by atoms with Crippen LogP contribution in [0.25, 0.3) is 102 Å². The molecule has 11 rings (SSSR count). The number of aromatic nitrogens is 4. The first-order chi connectivity index (χ1) is 25.3. The molecule has 4 nitrogen and oxygen atoms in total. The summed E-state index contributed by atoms with van der Waals surface area (Å²) in [6.45, 7) is 0. The van der Waals surface area contributed by atoms with Gasteiger partial charge in [0.2, 0.25) is 5.95 Å². The van der Waals surface area contributed by atoms with E-state index in [4.69, 9.17) is 15.0 Å². The molecule has 0 N–H and O–H groups in total. The lowest BCUT2D eigenvalue weighted by atomic mass is 10.00. The van der Waals surface area contributed by atoms with Gasteiger partial charge in [-0.3, -0.25) is 4.57 Å². The maximum Gasteiger partial charge on any atom is 0.238 e. The average molecular weight is 687 g/mol. The van der Waals surface area contributed by atoms with E-state index < -0.39 is 0 Å². The minimum Gasteiger partial charge on any atom is -0.278 e. The summed E-state index contributed by atoms with van der Waals surface area (Å²) in [5, 5.41) is 7.41. The molecule has 4 heterocycles. The Morgan fingerprint density at radius 1 is 0.353 bits per heavy atom. The molecular formula is C45H26N4S2. The number of nitrogens with zero attached hydrogens (tertiary/aromatic N) is 4. The van der Waals surface area contributed by atoms with E-state index in [9.17, 15) is 0 Å². The Kier molecular flexibility index (Phi) is 6.26. The van der Waals surface area contributed by atoms with Gasteiger partial charge in [0.15, 0.2) is 11.6 Å². The fourth-order valence-electron chi connectivity index (χ4n) is 7.61. The van der Waals surface area contributed by atoms with Crippen molar-refractivity contribution in [3.8, 4) is 39.9 Å². The Morgan fingerprint density at radius 3 is 1.53 bits per heavy atom. The first-order valence-electron chi connectivity index (χ1n) is 17.0. The average Bonchev–Trinajstić information content (AvgIpc) is 3.88. The quantitative estimate of drug-likeness (QED) is 0.185. The molecule has 6 heteroatoms. The van der Waals surface area contributed by atoms with Crippen LogP contribution in [0.1, 0.15) is 0 Å². The molecule has 0 aliphatic heterocycles. The molecule has 0 saturated carbocycles. The summed E-state index contributed by atoms with van der Waals surface area (Å²) in [4.78, 5) is 15.6. The highest BCUT2D eigenvalue weighted by molar-refractivity contribution is 7.27. The van der Waals surface area contributed by atoms with Crippen LogP contribution in [0.2, 0.25) is 0 Å². The van der Waals surface area contributed by atoms with Gasteiger partial charge in [-0.2, -0.15) is 9.97 Å². The van der Waals surface area contributed by atoms with Crippen LogP contribution in [0.4, 0.5) is 0 Å². The van der Waals surface area contributed by atoms with Crippen molar-refractivity contribution in [3.63, 3.8) is 0 Å². The summed E-state index contributed by atoms with van der Waals surface area (Å²) in [6.07, 6.45) is 0. The lowest BCUT2D eigenvalue weighted by Crippen LogP contribution is -2.06. The SMILES string of the molecule is c1ccc(-c2nc(-c3cccc4c3sc3c(-c5cccc6c5sc5ccccc56)cccc34)nc(-n3c4ccccc4c4ccccc43)n2)cc1. The minimum absolute atomic E-state index is 0.603. The third-order valence-electron chi connectivity index (χ3n) is 9.90.